The van der Waals surface area contributed by atoms with Crippen molar-refractivity contribution in [2.75, 3.05) is 5.32 Å². The van der Waals surface area contributed by atoms with Crippen molar-refractivity contribution >= 4 is 17.3 Å². The predicted octanol–water partition coefficient (Wildman–Crippen LogP) is -0.383. The summed E-state index contributed by atoms with van der Waals surface area (Å²) in [5.74, 6) is -1.07. The van der Waals surface area contributed by atoms with Gasteiger partial charge in [-0.1, -0.05) is 0 Å². The fourth-order valence-corrected chi connectivity index (χ4v) is 2.57. The summed E-state index contributed by atoms with van der Waals surface area (Å²) in [5, 5.41) is 33.9. The molecule has 1 saturated carbocycles. The number of hydrogen-bond acceptors (Lipinski definition) is 9. The molecule has 2 unspecified atom stereocenters. The molecule has 0 radical (unpaired) electrons. The lowest BCUT2D eigenvalue weighted by molar-refractivity contribution is -0.152. The highest BCUT2D eigenvalue weighted by Crippen LogP contribution is 2.29. The second kappa shape index (κ2) is 5.83. The lowest BCUT2D eigenvalue weighted by Gasteiger charge is -2.30. The zero-order chi connectivity index (χ0) is 17.4. The van der Waals surface area contributed by atoms with Gasteiger partial charge in [-0.05, 0) is 35.0 Å². The molecule has 1 fully saturated rings. The van der Waals surface area contributed by atoms with Crippen LogP contribution >= 0.6 is 0 Å². The van der Waals surface area contributed by atoms with E-state index in [1.54, 1.807) is 30.6 Å². The minimum absolute atomic E-state index is 0.364. The van der Waals surface area contributed by atoms with E-state index in [4.69, 9.17) is 0 Å². The summed E-state index contributed by atoms with van der Waals surface area (Å²) in [6.07, 6.45) is 1.81. The van der Waals surface area contributed by atoms with Gasteiger partial charge in [0.25, 0.3) is 0 Å². The summed E-state index contributed by atoms with van der Waals surface area (Å²) in [5.41, 5.74) is 2.73. The molecule has 10 nitrogen and oxygen atoms in total. The highest BCUT2D eigenvalue weighted by atomic mass is 16.3. The lowest BCUT2D eigenvalue weighted by Crippen LogP contribution is -2.61. The lowest BCUT2D eigenvalue weighted by atomic mass is 9.85. The van der Waals surface area contributed by atoms with E-state index in [1.165, 1.54) is 0 Å². The molecule has 4 rings (SSSR count). The van der Waals surface area contributed by atoms with E-state index in [1.807, 2.05) is 6.07 Å². The number of nitrogens with one attached hydrogen (secondary N) is 2. The molecule has 10 heteroatoms. The van der Waals surface area contributed by atoms with Crippen molar-refractivity contribution < 1.29 is 14.7 Å². The third-order valence-corrected chi connectivity index (χ3v) is 3.89. The molecule has 2 atom stereocenters. The van der Waals surface area contributed by atoms with Gasteiger partial charge < -0.3 is 10.4 Å². The Balaban J connectivity index is 1.74. The highest BCUT2D eigenvalue weighted by molar-refractivity contribution is 6.49. The molecular formula is C15H11N7O3. The first kappa shape index (κ1) is 15.0. The Morgan fingerprint density at radius 3 is 2.56 bits per heavy atom. The number of carbonyl (C=O) groups is 2. The van der Waals surface area contributed by atoms with E-state index in [-0.39, 0.29) is 0 Å². The van der Waals surface area contributed by atoms with Gasteiger partial charge in [-0.3, -0.25) is 9.59 Å². The van der Waals surface area contributed by atoms with Crippen LogP contribution in [0.1, 0.15) is 0 Å². The number of aliphatic hydroxyl groups is 1. The Bertz CT molecular complexity index is 943. The predicted molar refractivity (Wildman–Crippen MR) is 84.1 cm³/mol. The molecular weight excluding hydrogens is 326 g/mol. The normalized spacial score (nSPS) is 19.6. The Morgan fingerprint density at radius 2 is 1.88 bits per heavy atom. The van der Waals surface area contributed by atoms with Gasteiger partial charge in [-0.2, -0.15) is 15.4 Å². The minimum atomic E-state index is -1.34. The van der Waals surface area contributed by atoms with Crippen LogP contribution in [0.15, 0.2) is 36.7 Å². The number of anilines is 1. The number of carbonyl (C=O) groups excluding carboxylic acids is 2. The largest absolute Gasteiger partial charge is 0.382 e. The number of aromatic amines is 1. The van der Waals surface area contributed by atoms with Crippen molar-refractivity contribution in [3.05, 3.63) is 36.7 Å². The van der Waals surface area contributed by atoms with Crippen LogP contribution in [0.2, 0.25) is 0 Å². The van der Waals surface area contributed by atoms with E-state index >= 15 is 0 Å². The number of benzene rings is 1. The number of tetrazole rings is 1. The number of ketones is 2. The molecule has 0 aliphatic heterocycles. The van der Waals surface area contributed by atoms with Crippen molar-refractivity contribution in [2.24, 2.45) is 0 Å². The molecule has 1 aliphatic rings. The van der Waals surface area contributed by atoms with Crippen LogP contribution in [0.4, 0.5) is 5.69 Å². The van der Waals surface area contributed by atoms with E-state index in [0.29, 0.717) is 17.1 Å². The summed E-state index contributed by atoms with van der Waals surface area (Å²) < 4.78 is 0. The second-order valence-electron chi connectivity index (χ2n) is 5.46. The second-order valence-corrected chi connectivity index (χ2v) is 5.46. The monoisotopic (exact) mass is 337 g/mol. The molecule has 0 amide bonds. The van der Waals surface area contributed by atoms with Crippen molar-refractivity contribution in [1.29, 1.82) is 0 Å². The smallest absolute Gasteiger partial charge is 0.231 e. The minimum Gasteiger partial charge on any atom is -0.382 e. The third kappa shape index (κ3) is 2.64. The number of aromatic nitrogens is 6. The summed E-state index contributed by atoms with van der Waals surface area (Å²) in [7, 11) is 0. The molecule has 25 heavy (non-hydrogen) atoms. The summed E-state index contributed by atoms with van der Waals surface area (Å²) in [6, 6.07) is 6.11. The number of rotatable bonds is 4. The quantitative estimate of drug-likeness (QED) is 0.542. The summed E-state index contributed by atoms with van der Waals surface area (Å²) in [6.45, 7) is 0. The van der Waals surface area contributed by atoms with Crippen LogP contribution in [0.3, 0.4) is 0 Å². The Kier molecular flexibility index (Phi) is 3.51. The maximum absolute atomic E-state index is 11.6. The molecule has 0 saturated heterocycles. The maximum Gasteiger partial charge on any atom is 0.231 e. The first-order chi connectivity index (χ1) is 12.1. The zero-order valence-electron chi connectivity index (χ0n) is 12.6. The first-order valence-corrected chi connectivity index (χ1v) is 7.32. The summed E-state index contributed by atoms with van der Waals surface area (Å²) in [4.78, 5) is 22.8. The zero-order valence-corrected chi connectivity index (χ0v) is 12.6. The number of nitrogens with zero attached hydrogens (tertiary/aromatic N) is 5. The molecule has 124 valence electrons. The molecule has 0 spiro atoms. The Hall–Kier alpha value is -3.53. The van der Waals surface area contributed by atoms with Gasteiger partial charge in [0.1, 0.15) is 12.1 Å². The molecule has 2 aromatic heterocycles. The molecule has 1 aliphatic carbocycles. The molecule has 2 heterocycles. The molecule has 1 aromatic carbocycles. The van der Waals surface area contributed by atoms with Crippen LogP contribution in [0.25, 0.3) is 22.5 Å². The van der Waals surface area contributed by atoms with Gasteiger partial charge in [-0.15, -0.1) is 10.2 Å². The van der Waals surface area contributed by atoms with E-state index in [9.17, 15) is 14.7 Å². The average Bonchev–Trinajstić information content (AvgIpc) is 3.20. The van der Waals surface area contributed by atoms with Crippen molar-refractivity contribution in [3.63, 3.8) is 0 Å². The van der Waals surface area contributed by atoms with Crippen molar-refractivity contribution in [3.8, 4) is 22.5 Å². The van der Waals surface area contributed by atoms with Crippen molar-refractivity contribution in [1.82, 2.24) is 30.8 Å². The summed E-state index contributed by atoms with van der Waals surface area (Å²) >= 11 is 0. The van der Waals surface area contributed by atoms with Crippen molar-refractivity contribution in [2.45, 2.75) is 12.1 Å². The molecule has 3 aromatic rings. The van der Waals surface area contributed by atoms with E-state index < -0.39 is 23.7 Å². The highest BCUT2D eigenvalue weighted by Gasteiger charge is 2.48. The fraction of sp³-hybridized carbons (Fsp3) is 0.133. The molecule has 3 N–H and O–H groups in total. The first-order valence-electron chi connectivity index (χ1n) is 7.32. The standard InChI is InChI=1S/C15H11N7O3/c23-12-11(13(24)14(12)25)18-10-4-8(7-1-2-16-17-6-7)3-9(5-10)15-19-21-22-20-15/h1-6,11-12,18,23H,(H,19,20,21,22). The van der Waals surface area contributed by atoms with Crippen LogP contribution < -0.4 is 5.32 Å². The topological polar surface area (TPSA) is 147 Å². The number of aliphatic hydroxyl groups excluding tert-OH is 1. The number of hydrogen-bond donors (Lipinski definition) is 3. The SMILES string of the molecule is O=C1C(=O)C(Nc2cc(-c3ccnnc3)cc(-c3nn[nH]n3)c2)C1O. The Labute approximate surface area is 140 Å². The number of H-pyrrole nitrogens is 1. The van der Waals surface area contributed by atoms with Crippen LogP contribution in [-0.4, -0.2) is 59.6 Å². The van der Waals surface area contributed by atoms with Crippen LogP contribution in [-0.2, 0) is 9.59 Å². The van der Waals surface area contributed by atoms with E-state index in [0.717, 1.165) is 11.1 Å². The van der Waals surface area contributed by atoms with Gasteiger partial charge in [0.15, 0.2) is 0 Å². The van der Waals surface area contributed by atoms with E-state index in [2.05, 4.69) is 36.1 Å². The molecule has 0 bridgehead atoms. The number of Topliss-reactive ketones (excluding diaryl/α,β-unsaturated/α-hetero) is 2. The third-order valence-electron chi connectivity index (χ3n) is 3.89. The average molecular weight is 337 g/mol. The van der Waals surface area contributed by atoms with Crippen LogP contribution in [0.5, 0.6) is 0 Å². The maximum atomic E-state index is 11.6. The fourth-order valence-electron chi connectivity index (χ4n) is 2.57. The van der Waals surface area contributed by atoms with Crippen LogP contribution in [0, 0.1) is 0 Å². The Morgan fingerprint density at radius 1 is 1.04 bits per heavy atom. The van der Waals surface area contributed by atoms with Gasteiger partial charge >= 0.3 is 0 Å². The van der Waals surface area contributed by atoms with Gasteiger partial charge in [0.05, 0.1) is 12.4 Å². The van der Waals surface area contributed by atoms with Gasteiger partial charge in [-0.25, -0.2) is 0 Å². The van der Waals surface area contributed by atoms with Gasteiger partial charge in [0, 0.05) is 16.8 Å². The van der Waals surface area contributed by atoms with Gasteiger partial charge in [0.2, 0.25) is 17.4 Å².